The van der Waals surface area contributed by atoms with Crippen molar-refractivity contribution in [1.29, 1.82) is 0 Å². The largest absolute Gasteiger partial charge is 0.447 e. The van der Waals surface area contributed by atoms with Crippen LogP contribution in [0.2, 0.25) is 0 Å². The van der Waals surface area contributed by atoms with Gasteiger partial charge < -0.3 is 10.1 Å². The van der Waals surface area contributed by atoms with Gasteiger partial charge in [0.2, 0.25) is 0 Å². The summed E-state index contributed by atoms with van der Waals surface area (Å²) in [5, 5.41) is 3.01. The Kier molecular flexibility index (Phi) is 5.91. The second-order valence-corrected chi connectivity index (χ2v) is 8.88. The first kappa shape index (κ1) is 19.2. The molecule has 1 saturated heterocycles. The number of likely N-dealkylation sites (tertiary alicyclic amines) is 1. The molecule has 4 nitrogen and oxygen atoms in total. The summed E-state index contributed by atoms with van der Waals surface area (Å²) >= 11 is 0. The molecule has 26 heavy (non-hydrogen) atoms. The van der Waals surface area contributed by atoms with Crippen LogP contribution >= 0.6 is 0 Å². The standard InChI is InChI=1S/C22H34N2O2/c1-16(2)19-7-5-18(6-8-19)15-24-11-9-22(10-12-24)13-20(14-22)23-21(25)26-17(3)4/h5-8,16-17,20H,9-15H2,1-4H3,(H,23,25). The van der Waals surface area contributed by atoms with Gasteiger partial charge in [-0.25, -0.2) is 4.79 Å². The van der Waals surface area contributed by atoms with Crippen molar-refractivity contribution in [3.63, 3.8) is 0 Å². The van der Waals surface area contributed by atoms with Crippen LogP contribution in [0, 0.1) is 5.41 Å². The monoisotopic (exact) mass is 358 g/mol. The average molecular weight is 359 g/mol. The fraction of sp³-hybridized carbons (Fsp3) is 0.682. The van der Waals surface area contributed by atoms with E-state index in [4.69, 9.17) is 4.74 Å². The van der Waals surface area contributed by atoms with Gasteiger partial charge in [0, 0.05) is 12.6 Å². The van der Waals surface area contributed by atoms with Crippen LogP contribution in [-0.2, 0) is 11.3 Å². The molecule has 0 bridgehead atoms. The molecule has 2 aliphatic rings. The van der Waals surface area contributed by atoms with Crippen LogP contribution in [0.25, 0.3) is 0 Å². The van der Waals surface area contributed by atoms with E-state index >= 15 is 0 Å². The van der Waals surface area contributed by atoms with E-state index in [9.17, 15) is 4.79 Å². The summed E-state index contributed by atoms with van der Waals surface area (Å²) in [5.41, 5.74) is 3.28. The molecule has 1 heterocycles. The normalized spacial score (nSPS) is 20.4. The molecule has 0 unspecified atom stereocenters. The van der Waals surface area contributed by atoms with Crippen molar-refractivity contribution < 1.29 is 9.53 Å². The molecule has 1 aromatic carbocycles. The molecule has 4 heteroatoms. The Morgan fingerprint density at radius 3 is 2.31 bits per heavy atom. The third-order valence-electron chi connectivity index (χ3n) is 5.99. The Bertz CT molecular complexity index is 593. The molecule has 0 radical (unpaired) electrons. The molecule has 1 aliphatic carbocycles. The van der Waals surface area contributed by atoms with Crippen LogP contribution in [0.5, 0.6) is 0 Å². The maximum atomic E-state index is 11.7. The lowest BCUT2D eigenvalue weighted by molar-refractivity contribution is 0.00187. The zero-order chi connectivity index (χ0) is 18.7. The minimum Gasteiger partial charge on any atom is -0.447 e. The van der Waals surface area contributed by atoms with E-state index < -0.39 is 0 Å². The molecule has 1 aliphatic heterocycles. The number of nitrogens with one attached hydrogen (secondary N) is 1. The number of carbonyl (C=O) groups is 1. The molecule has 144 valence electrons. The quantitative estimate of drug-likeness (QED) is 0.830. The molecular formula is C22H34N2O2. The first-order valence-corrected chi connectivity index (χ1v) is 10.1. The van der Waals surface area contributed by atoms with Crippen LogP contribution in [0.1, 0.15) is 70.4 Å². The number of hydrogen-bond donors (Lipinski definition) is 1. The van der Waals surface area contributed by atoms with Crippen LogP contribution in [0.4, 0.5) is 4.79 Å². The first-order chi connectivity index (χ1) is 12.3. The Hall–Kier alpha value is -1.55. The molecular weight excluding hydrogens is 324 g/mol. The number of piperidine rings is 1. The number of ether oxygens (including phenoxy) is 1. The summed E-state index contributed by atoms with van der Waals surface area (Å²) in [6, 6.07) is 9.40. The smallest absolute Gasteiger partial charge is 0.407 e. The number of hydrogen-bond acceptors (Lipinski definition) is 3. The minimum absolute atomic E-state index is 0.0538. The van der Waals surface area contributed by atoms with Crippen LogP contribution in [-0.4, -0.2) is 36.2 Å². The zero-order valence-corrected chi connectivity index (χ0v) is 16.8. The molecule has 0 atom stereocenters. The van der Waals surface area contributed by atoms with E-state index in [0.29, 0.717) is 17.4 Å². The lowest BCUT2D eigenvalue weighted by atomic mass is 9.60. The topological polar surface area (TPSA) is 41.6 Å². The van der Waals surface area contributed by atoms with Crippen molar-refractivity contribution in [3.8, 4) is 0 Å². The Labute approximate surface area is 158 Å². The number of amides is 1. The summed E-state index contributed by atoms with van der Waals surface area (Å²) in [7, 11) is 0. The number of nitrogens with zero attached hydrogens (tertiary/aromatic N) is 1. The fourth-order valence-corrected chi connectivity index (χ4v) is 4.36. The summed E-state index contributed by atoms with van der Waals surface area (Å²) in [5.74, 6) is 0.594. The lowest BCUT2D eigenvalue weighted by Gasteiger charge is -2.52. The van der Waals surface area contributed by atoms with E-state index in [2.05, 4.69) is 48.3 Å². The van der Waals surface area contributed by atoms with Crippen LogP contribution in [0.15, 0.2) is 24.3 Å². The van der Waals surface area contributed by atoms with Gasteiger partial charge in [0.05, 0.1) is 6.10 Å². The first-order valence-electron chi connectivity index (χ1n) is 10.1. The summed E-state index contributed by atoms with van der Waals surface area (Å²) in [4.78, 5) is 14.3. The minimum atomic E-state index is -0.262. The van der Waals surface area contributed by atoms with E-state index in [1.807, 2.05) is 13.8 Å². The fourth-order valence-electron chi connectivity index (χ4n) is 4.36. The Morgan fingerprint density at radius 1 is 1.15 bits per heavy atom. The highest BCUT2D eigenvalue weighted by atomic mass is 16.6. The second-order valence-electron chi connectivity index (χ2n) is 8.88. The number of benzene rings is 1. The second kappa shape index (κ2) is 7.99. The third-order valence-corrected chi connectivity index (χ3v) is 5.99. The lowest BCUT2D eigenvalue weighted by Crippen LogP contribution is -2.55. The average Bonchev–Trinajstić information content (AvgIpc) is 2.55. The molecule has 1 saturated carbocycles. The summed E-state index contributed by atoms with van der Waals surface area (Å²) in [6.07, 6.45) is 4.39. The number of carbonyl (C=O) groups excluding carboxylic acids is 1. The van der Waals surface area contributed by atoms with Crippen LogP contribution in [0.3, 0.4) is 0 Å². The number of rotatable bonds is 5. The molecule has 1 aromatic rings. The van der Waals surface area contributed by atoms with Gasteiger partial charge in [0.15, 0.2) is 0 Å². The SMILES string of the molecule is CC(C)OC(=O)NC1CC2(CCN(Cc3ccc(C(C)C)cc3)CC2)C1. The molecule has 1 N–H and O–H groups in total. The van der Waals surface area contributed by atoms with Gasteiger partial charge in [-0.05, 0) is 75.1 Å². The zero-order valence-electron chi connectivity index (χ0n) is 16.8. The van der Waals surface area contributed by atoms with Gasteiger partial charge in [0.25, 0.3) is 0 Å². The van der Waals surface area contributed by atoms with Gasteiger partial charge in [-0.15, -0.1) is 0 Å². The highest BCUT2D eigenvalue weighted by Crippen LogP contribution is 2.49. The molecule has 0 aromatic heterocycles. The maximum absolute atomic E-state index is 11.7. The molecule has 3 rings (SSSR count). The van der Waals surface area contributed by atoms with E-state index in [-0.39, 0.29) is 12.2 Å². The summed E-state index contributed by atoms with van der Waals surface area (Å²) < 4.78 is 5.18. The highest BCUT2D eigenvalue weighted by Gasteiger charge is 2.46. The van der Waals surface area contributed by atoms with Gasteiger partial charge >= 0.3 is 6.09 Å². The Morgan fingerprint density at radius 2 is 1.77 bits per heavy atom. The van der Waals surface area contributed by atoms with Crippen molar-refractivity contribution in [3.05, 3.63) is 35.4 Å². The van der Waals surface area contributed by atoms with Gasteiger partial charge in [-0.3, -0.25) is 4.90 Å². The summed E-state index contributed by atoms with van der Waals surface area (Å²) in [6.45, 7) is 11.6. The Balaban J connectivity index is 1.40. The van der Waals surface area contributed by atoms with Crippen molar-refractivity contribution in [1.82, 2.24) is 10.2 Å². The van der Waals surface area contributed by atoms with Crippen molar-refractivity contribution >= 4 is 6.09 Å². The van der Waals surface area contributed by atoms with E-state index in [1.54, 1.807) is 0 Å². The van der Waals surface area contributed by atoms with Crippen molar-refractivity contribution in [2.45, 2.75) is 78.0 Å². The molecule has 2 fully saturated rings. The van der Waals surface area contributed by atoms with Gasteiger partial charge in [0.1, 0.15) is 0 Å². The van der Waals surface area contributed by atoms with Crippen LogP contribution < -0.4 is 5.32 Å². The maximum Gasteiger partial charge on any atom is 0.407 e. The molecule has 1 spiro atoms. The predicted octanol–water partition coefficient (Wildman–Crippen LogP) is 4.69. The van der Waals surface area contributed by atoms with Crippen molar-refractivity contribution in [2.75, 3.05) is 13.1 Å². The third kappa shape index (κ3) is 4.79. The predicted molar refractivity (Wildman–Crippen MR) is 105 cm³/mol. The van der Waals surface area contributed by atoms with E-state index in [1.165, 1.54) is 24.0 Å². The van der Waals surface area contributed by atoms with E-state index in [0.717, 1.165) is 32.5 Å². The van der Waals surface area contributed by atoms with Crippen molar-refractivity contribution in [2.24, 2.45) is 5.41 Å². The van der Waals surface area contributed by atoms with Gasteiger partial charge in [-0.1, -0.05) is 38.1 Å². The number of alkyl carbamates (subject to hydrolysis) is 1. The molecule has 1 amide bonds. The highest BCUT2D eigenvalue weighted by molar-refractivity contribution is 5.68. The van der Waals surface area contributed by atoms with Gasteiger partial charge in [-0.2, -0.15) is 0 Å².